The quantitative estimate of drug-likeness (QED) is 0.788. The van der Waals surface area contributed by atoms with Gasteiger partial charge in [-0.1, -0.05) is 55.5 Å². The van der Waals surface area contributed by atoms with E-state index in [-0.39, 0.29) is 0 Å². The molecule has 0 bridgehead atoms. The number of hydrogen-bond acceptors (Lipinski definition) is 2. The molecule has 2 heteroatoms. The van der Waals surface area contributed by atoms with Gasteiger partial charge in [-0.25, -0.2) is 0 Å². The second-order valence-corrected chi connectivity index (χ2v) is 5.06. The third-order valence-electron chi connectivity index (χ3n) is 3.85. The van der Waals surface area contributed by atoms with Gasteiger partial charge in [0, 0.05) is 5.92 Å². The summed E-state index contributed by atoms with van der Waals surface area (Å²) >= 11 is 0. The number of nitrogens with zero attached hydrogens (tertiary/aromatic N) is 2. The highest BCUT2D eigenvalue weighted by Crippen LogP contribution is 2.30. The normalized spacial score (nSPS) is 22.4. The van der Waals surface area contributed by atoms with E-state index in [1.807, 2.05) is 12.1 Å². The standard InChI is InChI=1S/C17H18N2/c1-13-14(2)19(16-11-7-4-8-12-16)18-17(13)15-9-5-3-6-10-15/h3-14H,1-2H3/t13-,14-/m1/s1. The maximum absolute atomic E-state index is 4.84. The van der Waals surface area contributed by atoms with Crippen LogP contribution in [-0.2, 0) is 0 Å². The molecule has 1 heterocycles. The fourth-order valence-corrected chi connectivity index (χ4v) is 2.54. The van der Waals surface area contributed by atoms with Gasteiger partial charge in [0.1, 0.15) is 0 Å². The Morgan fingerprint density at radius 1 is 0.842 bits per heavy atom. The highest BCUT2D eigenvalue weighted by atomic mass is 15.5. The molecule has 3 rings (SSSR count). The summed E-state index contributed by atoms with van der Waals surface area (Å²) in [5, 5.41) is 6.97. The molecule has 0 aromatic heterocycles. The summed E-state index contributed by atoms with van der Waals surface area (Å²) in [6, 6.07) is 21.2. The zero-order chi connectivity index (χ0) is 13.2. The van der Waals surface area contributed by atoms with Gasteiger partial charge in [0.25, 0.3) is 0 Å². The minimum Gasteiger partial charge on any atom is -0.262 e. The largest absolute Gasteiger partial charge is 0.262 e. The second-order valence-electron chi connectivity index (χ2n) is 5.06. The van der Waals surface area contributed by atoms with Crippen LogP contribution in [0.4, 0.5) is 5.69 Å². The van der Waals surface area contributed by atoms with Crippen LogP contribution in [0, 0.1) is 5.92 Å². The Balaban J connectivity index is 1.99. The van der Waals surface area contributed by atoms with E-state index >= 15 is 0 Å². The fourth-order valence-electron chi connectivity index (χ4n) is 2.54. The van der Waals surface area contributed by atoms with Crippen LogP contribution in [0.15, 0.2) is 65.8 Å². The van der Waals surface area contributed by atoms with Gasteiger partial charge >= 0.3 is 0 Å². The number of hydrazone groups is 1. The fraction of sp³-hybridized carbons (Fsp3) is 0.235. The Labute approximate surface area is 114 Å². The summed E-state index contributed by atoms with van der Waals surface area (Å²) in [6.45, 7) is 4.48. The van der Waals surface area contributed by atoms with Crippen LogP contribution in [0.25, 0.3) is 0 Å². The van der Waals surface area contributed by atoms with Gasteiger partial charge in [-0.3, -0.25) is 5.01 Å². The van der Waals surface area contributed by atoms with Crippen molar-refractivity contribution in [1.29, 1.82) is 0 Å². The van der Waals surface area contributed by atoms with E-state index in [1.54, 1.807) is 0 Å². The van der Waals surface area contributed by atoms with Crippen LogP contribution in [0.1, 0.15) is 19.4 Å². The van der Waals surface area contributed by atoms with Crippen molar-refractivity contribution in [3.63, 3.8) is 0 Å². The predicted octanol–water partition coefficient (Wildman–Crippen LogP) is 3.94. The Hall–Kier alpha value is -2.09. The summed E-state index contributed by atoms with van der Waals surface area (Å²) in [5.74, 6) is 0.433. The van der Waals surface area contributed by atoms with Crippen molar-refractivity contribution in [3.8, 4) is 0 Å². The van der Waals surface area contributed by atoms with Crippen molar-refractivity contribution in [2.45, 2.75) is 19.9 Å². The molecule has 0 fully saturated rings. The van der Waals surface area contributed by atoms with Crippen LogP contribution in [0.2, 0.25) is 0 Å². The van der Waals surface area contributed by atoms with Gasteiger partial charge in [0.05, 0.1) is 17.4 Å². The van der Waals surface area contributed by atoms with Crippen molar-refractivity contribution in [2.75, 3.05) is 5.01 Å². The van der Waals surface area contributed by atoms with Gasteiger partial charge in [0.15, 0.2) is 0 Å². The van der Waals surface area contributed by atoms with E-state index < -0.39 is 0 Å². The molecular weight excluding hydrogens is 232 g/mol. The van der Waals surface area contributed by atoms with Gasteiger partial charge in [-0.05, 0) is 24.6 Å². The Morgan fingerprint density at radius 2 is 1.42 bits per heavy atom. The smallest absolute Gasteiger partial charge is 0.0731 e. The summed E-state index contributed by atoms with van der Waals surface area (Å²) < 4.78 is 0. The van der Waals surface area contributed by atoms with Crippen LogP contribution < -0.4 is 5.01 Å². The molecule has 2 atom stereocenters. The van der Waals surface area contributed by atoms with Gasteiger partial charge in [-0.15, -0.1) is 0 Å². The van der Waals surface area contributed by atoms with E-state index in [2.05, 4.69) is 67.4 Å². The average molecular weight is 250 g/mol. The monoisotopic (exact) mass is 250 g/mol. The van der Waals surface area contributed by atoms with Crippen molar-refractivity contribution in [1.82, 2.24) is 0 Å². The number of para-hydroxylation sites is 1. The lowest BCUT2D eigenvalue weighted by molar-refractivity contribution is 0.604. The van der Waals surface area contributed by atoms with E-state index in [0.29, 0.717) is 12.0 Å². The van der Waals surface area contributed by atoms with Gasteiger partial charge in [0.2, 0.25) is 0 Å². The number of benzene rings is 2. The number of hydrogen-bond donors (Lipinski definition) is 0. The third kappa shape index (κ3) is 2.14. The minimum absolute atomic E-state index is 0.387. The molecule has 96 valence electrons. The van der Waals surface area contributed by atoms with Gasteiger partial charge in [-0.2, -0.15) is 5.10 Å². The zero-order valence-corrected chi connectivity index (χ0v) is 11.3. The average Bonchev–Trinajstić information content (AvgIpc) is 2.77. The Bertz CT molecular complexity index is 575. The first kappa shape index (κ1) is 12.0. The molecular formula is C17H18N2. The number of rotatable bonds is 2. The van der Waals surface area contributed by atoms with Crippen molar-refractivity contribution in [3.05, 3.63) is 66.2 Å². The van der Waals surface area contributed by atoms with E-state index in [4.69, 9.17) is 5.10 Å². The lowest BCUT2D eigenvalue weighted by Gasteiger charge is -2.22. The lowest BCUT2D eigenvalue weighted by atomic mass is 9.94. The molecule has 2 aromatic rings. The molecule has 2 aromatic carbocycles. The first-order valence-electron chi connectivity index (χ1n) is 6.75. The topological polar surface area (TPSA) is 15.6 Å². The van der Waals surface area contributed by atoms with Crippen LogP contribution in [-0.4, -0.2) is 11.8 Å². The first-order chi connectivity index (χ1) is 9.27. The Kier molecular flexibility index (Phi) is 3.08. The molecule has 0 radical (unpaired) electrons. The molecule has 1 aliphatic heterocycles. The molecule has 2 nitrogen and oxygen atoms in total. The second kappa shape index (κ2) is 4.88. The summed E-state index contributed by atoms with van der Waals surface area (Å²) in [7, 11) is 0. The van der Waals surface area contributed by atoms with Crippen LogP contribution >= 0.6 is 0 Å². The molecule has 1 aliphatic rings. The minimum atomic E-state index is 0.387. The number of anilines is 1. The third-order valence-corrected chi connectivity index (χ3v) is 3.85. The predicted molar refractivity (Wildman–Crippen MR) is 80.5 cm³/mol. The van der Waals surface area contributed by atoms with Crippen molar-refractivity contribution < 1.29 is 0 Å². The maximum Gasteiger partial charge on any atom is 0.0731 e. The molecule has 0 saturated carbocycles. The molecule has 0 aliphatic carbocycles. The summed E-state index contributed by atoms with van der Waals surface area (Å²) in [6.07, 6.45) is 0. The van der Waals surface area contributed by atoms with Crippen LogP contribution in [0.3, 0.4) is 0 Å². The molecule has 0 spiro atoms. The molecule has 0 N–H and O–H groups in total. The zero-order valence-electron chi connectivity index (χ0n) is 11.3. The van der Waals surface area contributed by atoms with Crippen molar-refractivity contribution >= 4 is 11.4 Å². The summed E-state index contributed by atoms with van der Waals surface area (Å²) in [4.78, 5) is 0. The molecule has 0 unspecified atom stereocenters. The Morgan fingerprint density at radius 3 is 2.05 bits per heavy atom. The first-order valence-corrected chi connectivity index (χ1v) is 6.75. The maximum atomic E-state index is 4.84. The highest BCUT2D eigenvalue weighted by Gasteiger charge is 2.31. The SMILES string of the molecule is C[C@@H]1[C@@H](C)C(c2ccccc2)=NN1c1ccccc1. The van der Waals surface area contributed by atoms with Gasteiger partial charge < -0.3 is 0 Å². The lowest BCUT2D eigenvalue weighted by Crippen LogP contribution is -2.28. The summed E-state index contributed by atoms with van der Waals surface area (Å²) in [5.41, 5.74) is 3.56. The molecule has 0 saturated heterocycles. The van der Waals surface area contributed by atoms with E-state index in [1.165, 1.54) is 11.3 Å². The van der Waals surface area contributed by atoms with Crippen LogP contribution in [0.5, 0.6) is 0 Å². The molecule has 19 heavy (non-hydrogen) atoms. The molecule has 0 amide bonds. The highest BCUT2D eigenvalue weighted by molar-refractivity contribution is 6.04. The van der Waals surface area contributed by atoms with E-state index in [9.17, 15) is 0 Å². The van der Waals surface area contributed by atoms with Crippen molar-refractivity contribution in [2.24, 2.45) is 11.0 Å². The van der Waals surface area contributed by atoms with E-state index in [0.717, 1.165) is 5.69 Å².